The zero-order valence-corrected chi connectivity index (χ0v) is 10.7. The van der Waals surface area contributed by atoms with Crippen LogP contribution in [0.5, 0.6) is 0 Å². The average Bonchev–Trinajstić information content (AvgIpc) is 2.45. The Balaban J connectivity index is 2.81. The topological polar surface area (TPSA) is 90.9 Å². The number of aryl methyl sites for hydroxylation is 1. The molecule has 0 radical (unpaired) electrons. The van der Waals surface area contributed by atoms with Crippen LogP contribution in [-0.2, 0) is 22.1 Å². The summed E-state index contributed by atoms with van der Waals surface area (Å²) in [4.78, 5) is 3.93. The summed E-state index contributed by atoms with van der Waals surface area (Å²) in [6, 6.07) is 0. The molecule has 92 valence electrons. The van der Waals surface area contributed by atoms with Crippen LogP contribution >= 0.6 is 0 Å². The lowest BCUT2D eigenvalue weighted by atomic mass is 10.1. The summed E-state index contributed by atoms with van der Waals surface area (Å²) in [7, 11) is -3.24. The summed E-state index contributed by atoms with van der Waals surface area (Å²) in [6.45, 7) is 5.87. The van der Waals surface area contributed by atoms with Gasteiger partial charge in [-0.1, -0.05) is 0 Å². The number of nitrogens with zero attached hydrogens (tertiary/aromatic N) is 3. The van der Waals surface area contributed by atoms with Gasteiger partial charge < -0.3 is 5.73 Å². The van der Waals surface area contributed by atoms with Crippen LogP contribution in [0.25, 0.3) is 0 Å². The number of nitrogens with two attached hydrogens (primary N) is 1. The van der Waals surface area contributed by atoms with Crippen molar-refractivity contribution in [2.45, 2.75) is 38.6 Å². The van der Waals surface area contributed by atoms with E-state index in [0.29, 0.717) is 12.4 Å². The monoisotopic (exact) mass is 246 g/mol. The predicted molar refractivity (Wildman–Crippen MR) is 61.5 cm³/mol. The molecule has 0 saturated heterocycles. The highest BCUT2D eigenvalue weighted by Gasteiger charge is 2.24. The molecule has 6 nitrogen and oxygen atoms in total. The van der Waals surface area contributed by atoms with Crippen molar-refractivity contribution in [3.63, 3.8) is 0 Å². The van der Waals surface area contributed by atoms with Gasteiger partial charge in [0.15, 0.2) is 9.84 Å². The van der Waals surface area contributed by atoms with Crippen LogP contribution in [0, 0.1) is 0 Å². The molecule has 7 heteroatoms. The third-order valence-electron chi connectivity index (χ3n) is 1.94. The second-order valence-corrected chi connectivity index (χ2v) is 6.58. The van der Waals surface area contributed by atoms with Gasteiger partial charge in [-0.15, -0.1) is 0 Å². The molecule has 0 aliphatic heterocycles. The molecular formula is C9H18N4O2S. The molecule has 0 aliphatic carbocycles. The maximum atomic E-state index is 11.8. The first-order valence-corrected chi connectivity index (χ1v) is 6.91. The summed E-state index contributed by atoms with van der Waals surface area (Å²) >= 11 is 0. The van der Waals surface area contributed by atoms with E-state index in [0.717, 1.165) is 0 Å². The van der Waals surface area contributed by atoms with Gasteiger partial charge in [-0.25, -0.2) is 18.1 Å². The minimum Gasteiger partial charge on any atom is -0.325 e. The first kappa shape index (κ1) is 13.1. The molecule has 2 N–H and O–H groups in total. The van der Waals surface area contributed by atoms with Crippen LogP contribution in [0.15, 0.2) is 6.33 Å². The van der Waals surface area contributed by atoms with E-state index >= 15 is 0 Å². The van der Waals surface area contributed by atoms with E-state index in [2.05, 4.69) is 10.1 Å². The number of rotatable bonds is 5. The molecule has 1 aromatic rings. The molecule has 1 heterocycles. The van der Waals surface area contributed by atoms with E-state index in [9.17, 15) is 8.42 Å². The zero-order valence-electron chi connectivity index (χ0n) is 9.84. The molecule has 0 fully saturated rings. The van der Waals surface area contributed by atoms with Gasteiger partial charge in [0.25, 0.3) is 0 Å². The SMILES string of the molecule is CCn1ncnc1CS(=O)(=O)CC(C)(C)N. The molecule has 0 unspecified atom stereocenters. The fraction of sp³-hybridized carbons (Fsp3) is 0.778. The number of sulfone groups is 1. The molecule has 0 bridgehead atoms. The molecule has 0 atom stereocenters. The Kier molecular flexibility index (Phi) is 3.69. The molecule has 1 rings (SSSR count). The van der Waals surface area contributed by atoms with Crippen molar-refractivity contribution in [2.24, 2.45) is 5.73 Å². The third-order valence-corrected chi connectivity index (χ3v) is 3.82. The van der Waals surface area contributed by atoms with Gasteiger partial charge in [-0.05, 0) is 20.8 Å². The van der Waals surface area contributed by atoms with Crippen molar-refractivity contribution in [2.75, 3.05) is 5.75 Å². The first-order valence-electron chi connectivity index (χ1n) is 5.09. The van der Waals surface area contributed by atoms with E-state index in [1.807, 2.05) is 6.92 Å². The second-order valence-electron chi connectivity index (χ2n) is 4.51. The minimum absolute atomic E-state index is 0.0590. The molecule has 1 aromatic heterocycles. The maximum Gasteiger partial charge on any atom is 0.159 e. The Hall–Kier alpha value is -0.950. The standard InChI is InChI=1S/C9H18N4O2S/c1-4-13-8(11-7-12-13)5-16(14,15)6-9(2,3)10/h7H,4-6,10H2,1-3H3. The van der Waals surface area contributed by atoms with Crippen LogP contribution in [0.2, 0.25) is 0 Å². The van der Waals surface area contributed by atoms with Crippen molar-refractivity contribution in [1.29, 1.82) is 0 Å². The van der Waals surface area contributed by atoms with Gasteiger partial charge in [-0.3, -0.25) is 0 Å². The Morgan fingerprint density at radius 1 is 1.50 bits per heavy atom. The lowest BCUT2D eigenvalue weighted by molar-refractivity contribution is 0.540. The summed E-state index contributed by atoms with van der Waals surface area (Å²) in [5.74, 6) is 0.296. The van der Waals surface area contributed by atoms with Crippen LogP contribution in [0.3, 0.4) is 0 Å². The quantitative estimate of drug-likeness (QED) is 0.786. The van der Waals surface area contributed by atoms with Crippen molar-refractivity contribution >= 4 is 9.84 Å². The van der Waals surface area contributed by atoms with Gasteiger partial charge in [0, 0.05) is 12.1 Å². The van der Waals surface area contributed by atoms with Gasteiger partial charge in [0.2, 0.25) is 0 Å². The zero-order chi connectivity index (χ0) is 12.4. The first-order chi connectivity index (χ1) is 7.23. The van der Waals surface area contributed by atoms with Gasteiger partial charge in [0.1, 0.15) is 17.9 Å². The van der Waals surface area contributed by atoms with Crippen LogP contribution in [-0.4, -0.2) is 34.5 Å². The summed E-state index contributed by atoms with van der Waals surface area (Å²) in [6.07, 6.45) is 1.36. The molecule has 16 heavy (non-hydrogen) atoms. The molecule has 0 aromatic carbocycles. The Labute approximate surface area is 95.8 Å². The molecular weight excluding hydrogens is 228 g/mol. The molecule has 0 amide bonds. The third kappa shape index (κ3) is 3.90. The number of hydrogen-bond acceptors (Lipinski definition) is 5. The van der Waals surface area contributed by atoms with Crippen molar-refractivity contribution in [3.05, 3.63) is 12.2 Å². The smallest absolute Gasteiger partial charge is 0.159 e. The van der Waals surface area contributed by atoms with E-state index in [4.69, 9.17) is 5.73 Å². The fourth-order valence-corrected chi connectivity index (χ4v) is 3.33. The highest BCUT2D eigenvalue weighted by Crippen LogP contribution is 2.09. The molecule has 0 spiro atoms. The predicted octanol–water partition coefficient (Wildman–Crippen LogP) is -0.0499. The van der Waals surface area contributed by atoms with Crippen molar-refractivity contribution in [1.82, 2.24) is 14.8 Å². The van der Waals surface area contributed by atoms with Crippen LogP contribution < -0.4 is 5.73 Å². The highest BCUT2D eigenvalue weighted by molar-refractivity contribution is 7.90. The molecule has 0 aliphatic rings. The highest BCUT2D eigenvalue weighted by atomic mass is 32.2. The van der Waals surface area contributed by atoms with E-state index in [1.165, 1.54) is 6.33 Å². The lowest BCUT2D eigenvalue weighted by Gasteiger charge is -2.17. The summed E-state index contributed by atoms with van der Waals surface area (Å²) < 4.78 is 25.2. The average molecular weight is 246 g/mol. The Morgan fingerprint density at radius 2 is 2.12 bits per heavy atom. The summed E-state index contributed by atoms with van der Waals surface area (Å²) in [5, 5.41) is 3.93. The lowest BCUT2D eigenvalue weighted by Crippen LogP contribution is -2.40. The normalized spacial score (nSPS) is 13.0. The number of aromatic nitrogens is 3. The summed E-state index contributed by atoms with van der Waals surface area (Å²) in [5.41, 5.74) is 4.97. The van der Waals surface area contributed by atoms with Gasteiger partial charge in [-0.2, -0.15) is 5.10 Å². The Morgan fingerprint density at radius 3 is 2.62 bits per heavy atom. The number of hydrogen-bond donors (Lipinski definition) is 1. The van der Waals surface area contributed by atoms with E-state index in [1.54, 1.807) is 18.5 Å². The Bertz CT molecular complexity index is 444. The van der Waals surface area contributed by atoms with E-state index < -0.39 is 15.4 Å². The van der Waals surface area contributed by atoms with Gasteiger partial charge in [0.05, 0.1) is 5.75 Å². The largest absolute Gasteiger partial charge is 0.325 e. The minimum atomic E-state index is -3.24. The van der Waals surface area contributed by atoms with Crippen molar-refractivity contribution in [3.8, 4) is 0 Å². The maximum absolute atomic E-state index is 11.8. The van der Waals surface area contributed by atoms with Gasteiger partial charge >= 0.3 is 0 Å². The van der Waals surface area contributed by atoms with Crippen LogP contribution in [0.4, 0.5) is 0 Å². The molecule has 0 saturated carbocycles. The second kappa shape index (κ2) is 4.50. The van der Waals surface area contributed by atoms with E-state index in [-0.39, 0.29) is 11.5 Å². The van der Waals surface area contributed by atoms with Crippen molar-refractivity contribution < 1.29 is 8.42 Å². The van der Waals surface area contributed by atoms with Crippen LogP contribution in [0.1, 0.15) is 26.6 Å². The fourth-order valence-electron chi connectivity index (χ4n) is 1.48.